The van der Waals surface area contributed by atoms with Crippen LogP contribution in [0.2, 0.25) is 10.2 Å². The summed E-state index contributed by atoms with van der Waals surface area (Å²) < 4.78 is 3.29. The maximum absolute atomic E-state index is 13.4. The summed E-state index contributed by atoms with van der Waals surface area (Å²) in [7, 11) is 0. The van der Waals surface area contributed by atoms with Crippen molar-refractivity contribution < 1.29 is 5.11 Å². The van der Waals surface area contributed by atoms with Crippen molar-refractivity contribution in [3.8, 4) is 33.8 Å². The molecule has 6 rings (SSSR count). The summed E-state index contributed by atoms with van der Waals surface area (Å²) in [6, 6.07) is 15.3. The predicted octanol–water partition coefficient (Wildman–Crippen LogP) is 4.43. The predicted molar refractivity (Wildman–Crippen MR) is 131 cm³/mol. The molecule has 1 aliphatic heterocycles. The van der Waals surface area contributed by atoms with Crippen LogP contribution in [0.3, 0.4) is 0 Å². The fraction of sp³-hybridized carbons (Fsp3) is 0.125. The summed E-state index contributed by atoms with van der Waals surface area (Å²) in [6.07, 6.45) is 2.89. The van der Waals surface area contributed by atoms with Crippen molar-refractivity contribution >= 4 is 23.2 Å². The Morgan fingerprint density at radius 2 is 1.86 bits per heavy atom. The Morgan fingerprint density at radius 1 is 1.03 bits per heavy atom. The first-order valence-corrected chi connectivity index (χ1v) is 11.6. The van der Waals surface area contributed by atoms with Gasteiger partial charge in [0.15, 0.2) is 0 Å². The number of imidazole rings is 1. The average molecular weight is 506 g/mol. The van der Waals surface area contributed by atoms with Crippen molar-refractivity contribution in [1.82, 2.24) is 34.7 Å². The molecule has 3 aromatic heterocycles. The zero-order valence-corrected chi connectivity index (χ0v) is 19.6. The van der Waals surface area contributed by atoms with Gasteiger partial charge in [0.2, 0.25) is 0 Å². The third-order valence-corrected chi connectivity index (χ3v) is 6.64. The van der Waals surface area contributed by atoms with E-state index >= 15 is 0 Å². The molecule has 35 heavy (non-hydrogen) atoms. The summed E-state index contributed by atoms with van der Waals surface area (Å²) in [6.45, 7) is 0. The zero-order valence-electron chi connectivity index (χ0n) is 18.1. The monoisotopic (exact) mass is 505 g/mol. The Hall–Kier alpha value is -3.95. The Labute approximate surface area is 208 Å². The minimum atomic E-state index is -0.270. The van der Waals surface area contributed by atoms with Crippen LogP contribution < -0.4 is 5.56 Å². The average Bonchev–Trinajstić information content (AvgIpc) is 3.59. The van der Waals surface area contributed by atoms with Crippen molar-refractivity contribution in [3.63, 3.8) is 0 Å². The first-order valence-electron chi connectivity index (χ1n) is 10.8. The van der Waals surface area contributed by atoms with Crippen molar-refractivity contribution in [3.05, 3.63) is 93.0 Å². The number of H-pyrrole nitrogens is 1. The summed E-state index contributed by atoms with van der Waals surface area (Å²) in [5.74, 6) is 0.777. The van der Waals surface area contributed by atoms with Gasteiger partial charge in [-0.2, -0.15) is 4.68 Å². The normalized spacial score (nSPS) is 14.9. The lowest BCUT2D eigenvalue weighted by molar-refractivity contribution is 0.475. The molecule has 0 unspecified atom stereocenters. The van der Waals surface area contributed by atoms with Crippen molar-refractivity contribution in [2.24, 2.45) is 0 Å². The number of hydrogen-bond donors (Lipinski definition) is 2. The van der Waals surface area contributed by atoms with Crippen molar-refractivity contribution in [2.75, 3.05) is 0 Å². The molecular formula is C24H17Cl2N7O2. The number of halogens is 2. The molecule has 2 N–H and O–H groups in total. The lowest BCUT2D eigenvalue weighted by atomic mass is 10.0. The van der Waals surface area contributed by atoms with E-state index in [0.29, 0.717) is 34.5 Å². The van der Waals surface area contributed by atoms with Gasteiger partial charge < -0.3 is 14.7 Å². The smallest absolute Gasteiger partial charge is 0.252 e. The zero-order chi connectivity index (χ0) is 24.1. The third kappa shape index (κ3) is 3.78. The number of phenols is 1. The number of aryl methyl sites for hydroxylation is 1. The molecule has 1 aliphatic rings. The molecule has 0 fully saturated rings. The van der Waals surface area contributed by atoms with E-state index in [2.05, 4.69) is 20.5 Å². The Kier molecular flexibility index (Phi) is 5.16. The highest BCUT2D eigenvalue weighted by Gasteiger charge is 2.29. The summed E-state index contributed by atoms with van der Waals surface area (Å²) >= 11 is 12.7. The first-order chi connectivity index (χ1) is 17.0. The van der Waals surface area contributed by atoms with Gasteiger partial charge in [0.25, 0.3) is 5.56 Å². The number of nitrogens with one attached hydrogen (secondary N) is 1. The highest BCUT2D eigenvalue weighted by Crippen LogP contribution is 2.36. The molecule has 0 saturated carbocycles. The quantitative estimate of drug-likeness (QED) is 0.373. The number of benzene rings is 2. The number of aromatic nitrogens is 7. The van der Waals surface area contributed by atoms with E-state index in [4.69, 9.17) is 28.2 Å². The topological polar surface area (TPSA) is 115 Å². The van der Waals surface area contributed by atoms with Crippen LogP contribution in [0.1, 0.15) is 24.0 Å². The molecule has 0 radical (unpaired) electrons. The molecular weight excluding hydrogens is 489 g/mol. The Bertz CT molecular complexity index is 1610. The van der Waals surface area contributed by atoms with E-state index in [1.165, 1.54) is 11.0 Å². The van der Waals surface area contributed by atoms with E-state index < -0.39 is 0 Å². The molecule has 4 heterocycles. The minimum absolute atomic E-state index is 0.152. The van der Waals surface area contributed by atoms with Gasteiger partial charge >= 0.3 is 0 Å². The van der Waals surface area contributed by atoms with Gasteiger partial charge in [0.1, 0.15) is 28.7 Å². The van der Waals surface area contributed by atoms with Gasteiger partial charge in [-0.25, -0.2) is 4.98 Å². The van der Waals surface area contributed by atoms with Crippen molar-refractivity contribution in [2.45, 2.75) is 18.9 Å². The molecule has 174 valence electrons. The van der Waals surface area contributed by atoms with Gasteiger partial charge in [0, 0.05) is 27.9 Å². The van der Waals surface area contributed by atoms with Crippen LogP contribution in [0.5, 0.6) is 5.75 Å². The van der Waals surface area contributed by atoms with Crippen LogP contribution >= 0.6 is 23.2 Å². The fourth-order valence-corrected chi connectivity index (χ4v) is 4.98. The van der Waals surface area contributed by atoms with Gasteiger partial charge in [-0.3, -0.25) is 4.79 Å². The molecule has 0 spiro atoms. The molecule has 0 aliphatic carbocycles. The van der Waals surface area contributed by atoms with Gasteiger partial charge in [-0.1, -0.05) is 23.2 Å². The second kappa shape index (κ2) is 8.37. The highest BCUT2D eigenvalue weighted by atomic mass is 35.5. The molecule has 11 heteroatoms. The maximum Gasteiger partial charge on any atom is 0.252 e. The number of fused-ring (bicyclic) bond motifs is 1. The standard InChI is InChI=1S/C24H17Cl2N7O2/c25-15-3-7-19(32-12-27-30-31-32)18(11-15)14-9-16-4-8-20(33(16)21(35)10-14)24-28-22(23(26)29-24)13-1-5-17(34)6-2-13/h1-3,5-7,9-12,20,34H,4,8H2,(H,28,29)/t20-/m0/s1. The molecule has 1 atom stereocenters. The lowest BCUT2D eigenvalue weighted by Crippen LogP contribution is -2.24. The van der Waals surface area contributed by atoms with Crippen LogP contribution in [-0.2, 0) is 6.42 Å². The van der Waals surface area contributed by atoms with E-state index in [9.17, 15) is 9.90 Å². The minimum Gasteiger partial charge on any atom is -0.508 e. The first kappa shape index (κ1) is 21.6. The number of aromatic amines is 1. The van der Waals surface area contributed by atoms with Gasteiger partial charge in [-0.05, 0) is 77.4 Å². The summed E-state index contributed by atoms with van der Waals surface area (Å²) in [5.41, 5.74) is 4.29. The third-order valence-electron chi connectivity index (χ3n) is 6.13. The fourth-order valence-electron chi connectivity index (χ4n) is 4.56. The SMILES string of the molecule is O=c1cc(-c2cc(Cl)ccc2-n2cnnn2)cc2n1[C@H](c1nc(-c3ccc(O)cc3)c(Cl)[nH]1)CC2. The largest absolute Gasteiger partial charge is 0.508 e. The van der Waals surface area contributed by atoms with Crippen LogP contribution in [0.4, 0.5) is 0 Å². The van der Waals surface area contributed by atoms with E-state index in [1.54, 1.807) is 47.0 Å². The second-order valence-corrected chi connectivity index (χ2v) is 9.06. The number of pyridine rings is 1. The number of aromatic hydroxyl groups is 1. The molecule has 9 nitrogen and oxygen atoms in total. The van der Waals surface area contributed by atoms with E-state index in [-0.39, 0.29) is 17.4 Å². The highest BCUT2D eigenvalue weighted by molar-refractivity contribution is 6.32. The number of hydrogen-bond acceptors (Lipinski definition) is 6. The van der Waals surface area contributed by atoms with Gasteiger partial charge in [0.05, 0.1) is 11.7 Å². The number of nitrogens with zero attached hydrogens (tertiary/aromatic N) is 6. The number of rotatable bonds is 4. The molecule has 0 bridgehead atoms. The van der Waals surface area contributed by atoms with Gasteiger partial charge in [-0.15, -0.1) is 5.10 Å². The Morgan fingerprint density at radius 3 is 2.63 bits per heavy atom. The molecule has 0 amide bonds. The van der Waals surface area contributed by atoms with E-state index in [1.807, 2.05) is 12.1 Å². The van der Waals surface area contributed by atoms with E-state index in [0.717, 1.165) is 28.1 Å². The van der Waals surface area contributed by atoms with Crippen LogP contribution in [0.15, 0.2) is 65.7 Å². The molecule has 0 saturated heterocycles. The van der Waals surface area contributed by atoms with Crippen LogP contribution in [0, 0.1) is 0 Å². The molecule has 2 aromatic carbocycles. The molecule has 5 aromatic rings. The van der Waals surface area contributed by atoms with Crippen molar-refractivity contribution in [1.29, 1.82) is 0 Å². The lowest BCUT2D eigenvalue weighted by Gasteiger charge is -2.15. The van der Waals surface area contributed by atoms with Crippen LogP contribution in [-0.4, -0.2) is 39.8 Å². The maximum atomic E-state index is 13.4. The summed E-state index contributed by atoms with van der Waals surface area (Å²) in [4.78, 5) is 21.2. The summed E-state index contributed by atoms with van der Waals surface area (Å²) in [5, 5.41) is 21.9. The number of tetrazole rings is 1. The Balaban J connectivity index is 1.41. The number of phenolic OH excluding ortho intramolecular Hbond substituents is 1. The van der Waals surface area contributed by atoms with Crippen LogP contribution in [0.25, 0.3) is 28.1 Å². The second-order valence-electron chi connectivity index (χ2n) is 8.25.